The molecule has 0 aliphatic heterocycles. The van der Waals surface area contributed by atoms with Crippen molar-refractivity contribution >= 4 is 54.1 Å². The molecule has 2 heterocycles. The van der Waals surface area contributed by atoms with Gasteiger partial charge in [-0.05, 0) is 105 Å². The first-order valence-corrected chi connectivity index (χ1v) is 21.1. The van der Waals surface area contributed by atoms with E-state index < -0.39 is 0 Å². The van der Waals surface area contributed by atoms with Crippen LogP contribution in [0.1, 0.15) is 0 Å². The van der Waals surface area contributed by atoms with E-state index in [0.717, 1.165) is 88.0 Å². The van der Waals surface area contributed by atoms with Gasteiger partial charge in [0.25, 0.3) is 0 Å². The summed E-state index contributed by atoms with van der Waals surface area (Å²) in [4.78, 5) is 0. The zero-order valence-electron chi connectivity index (χ0n) is 34.0. The zero-order chi connectivity index (χ0) is 43.1. The summed E-state index contributed by atoms with van der Waals surface area (Å²) >= 11 is 0. The molecular formula is C58H34F4N2. The topological polar surface area (TPSA) is 9.86 Å². The van der Waals surface area contributed by atoms with E-state index in [1.54, 1.807) is 24.3 Å². The van der Waals surface area contributed by atoms with E-state index in [9.17, 15) is 0 Å². The lowest BCUT2D eigenvalue weighted by molar-refractivity contribution is 0.627. The molecule has 0 saturated carbocycles. The maximum atomic E-state index is 15.3. The summed E-state index contributed by atoms with van der Waals surface area (Å²) in [5.41, 5.74) is 9.24. The Morgan fingerprint density at radius 2 is 0.562 bits per heavy atom. The first-order valence-electron chi connectivity index (χ1n) is 21.1. The van der Waals surface area contributed by atoms with Gasteiger partial charge in [0.15, 0.2) is 0 Å². The molecule has 0 spiro atoms. The molecule has 0 N–H and O–H groups in total. The van der Waals surface area contributed by atoms with E-state index >= 15 is 17.6 Å². The first-order chi connectivity index (χ1) is 31.4. The normalized spacial score (nSPS) is 11.8. The number of nitrogens with zero attached hydrogens (tertiary/aromatic N) is 2. The molecule has 12 rings (SSSR count). The molecule has 2 aromatic heterocycles. The monoisotopic (exact) mass is 834 g/mol. The van der Waals surface area contributed by atoms with Gasteiger partial charge in [-0.15, -0.1) is 0 Å². The Morgan fingerprint density at radius 3 is 0.938 bits per heavy atom. The molecule has 0 unspecified atom stereocenters. The highest BCUT2D eigenvalue weighted by molar-refractivity contribution is 6.23. The number of fused-ring (bicyclic) bond motifs is 7. The van der Waals surface area contributed by atoms with Crippen LogP contribution in [0.3, 0.4) is 0 Å². The molecule has 6 heteroatoms. The van der Waals surface area contributed by atoms with Gasteiger partial charge in [0.2, 0.25) is 0 Å². The Bertz CT molecular complexity index is 3610. The van der Waals surface area contributed by atoms with Gasteiger partial charge in [-0.1, -0.05) is 133 Å². The quantitative estimate of drug-likeness (QED) is 0.117. The van der Waals surface area contributed by atoms with Crippen molar-refractivity contribution < 1.29 is 17.6 Å². The Morgan fingerprint density at radius 1 is 0.250 bits per heavy atom. The third kappa shape index (κ3) is 5.87. The Kier molecular flexibility index (Phi) is 8.63. The summed E-state index contributed by atoms with van der Waals surface area (Å²) in [6.07, 6.45) is 0. The van der Waals surface area contributed by atoms with Crippen LogP contribution in [0, 0.1) is 23.3 Å². The fourth-order valence-corrected chi connectivity index (χ4v) is 9.95. The van der Waals surface area contributed by atoms with Crippen LogP contribution >= 0.6 is 0 Å². The van der Waals surface area contributed by atoms with Gasteiger partial charge in [-0.25, -0.2) is 17.6 Å². The van der Waals surface area contributed by atoms with Crippen LogP contribution in [-0.4, -0.2) is 9.13 Å². The van der Waals surface area contributed by atoms with E-state index in [-0.39, 0.29) is 23.3 Å². The molecule has 10 aromatic carbocycles. The smallest absolute Gasteiger partial charge is 0.123 e. The number of benzene rings is 10. The van der Waals surface area contributed by atoms with E-state index in [1.165, 1.54) is 48.5 Å². The summed E-state index contributed by atoms with van der Waals surface area (Å²) in [6.45, 7) is 0. The first kappa shape index (κ1) is 37.5. The van der Waals surface area contributed by atoms with Crippen LogP contribution in [0.15, 0.2) is 206 Å². The summed E-state index contributed by atoms with van der Waals surface area (Å²) in [7, 11) is 0. The highest BCUT2D eigenvalue weighted by Gasteiger charge is 2.26. The average molecular weight is 835 g/mol. The minimum absolute atomic E-state index is 0.364. The van der Waals surface area contributed by atoms with Crippen molar-refractivity contribution in [2.24, 2.45) is 0 Å². The van der Waals surface area contributed by atoms with Gasteiger partial charge in [-0.3, -0.25) is 0 Å². The molecule has 0 aliphatic carbocycles. The highest BCUT2D eigenvalue weighted by Crippen LogP contribution is 2.48. The fraction of sp³-hybridized carbons (Fsp3) is 0. The van der Waals surface area contributed by atoms with Gasteiger partial charge >= 0.3 is 0 Å². The van der Waals surface area contributed by atoms with Crippen molar-refractivity contribution in [1.29, 1.82) is 0 Å². The number of hydrogen-bond donors (Lipinski definition) is 0. The Balaban J connectivity index is 1.23. The molecule has 304 valence electrons. The van der Waals surface area contributed by atoms with Crippen molar-refractivity contribution in [1.82, 2.24) is 9.13 Å². The summed E-state index contributed by atoms with van der Waals surface area (Å²) in [6, 6.07) is 63.4. The largest absolute Gasteiger partial charge is 0.308 e. The van der Waals surface area contributed by atoms with Crippen molar-refractivity contribution in [2.45, 2.75) is 0 Å². The van der Waals surface area contributed by atoms with Crippen LogP contribution in [0.4, 0.5) is 17.6 Å². The molecule has 0 aliphatic rings. The van der Waals surface area contributed by atoms with Crippen molar-refractivity contribution in [3.05, 3.63) is 230 Å². The van der Waals surface area contributed by atoms with Crippen molar-refractivity contribution in [3.63, 3.8) is 0 Å². The molecule has 2 nitrogen and oxygen atoms in total. The third-order valence-corrected chi connectivity index (χ3v) is 12.5. The van der Waals surface area contributed by atoms with Crippen molar-refractivity contribution in [2.75, 3.05) is 0 Å². The standard InChI is InChI=1S/C58H34F4N2/c59-39-17-9-13-35(29-39)55-47-25-5-7-27-51(47)63(57(55)37-15-11-19-41(61)31-37)53-34-50-44-22-2-4-24-46(44)54(33-49(50)43-21-1-3-23-45(43)53)64-52-28-8-6-26-48(52)56(36-14-10-18-40(60)30-36)58(64)38-16-12-20-42(62)32-38/h1-34H. The van der Waals surface area contributed by atoms with Gasteiger partial charge in [0.1, 0.15) is 23.3 Å². The van der Waals surface area contributed by atoms with Crippen LogP contribution < -0.4 is 0 Å². The van der Waals surface area contributed by atoms with E-state index in [4.69, 9.17) is 0 Å². The molecule has 0 amide bonds. The third-order valence-electron chi connectivity index (χ3n) is 12.5. The summed E-state index contributed by atoms with van der Waals surface area (Å²) in [5, 5.41) is 7.62. The SMILES string of the molecule is Fc1cccc(-c2c(-c3cccc(F)c3)n(-c3cc4c5ccccc5c(-n5c(-c6cccc(F)c6)c(-c6cccc(F)c6)c6ccccc65)cc4c4ccccc34)c3ccccc23)c1. The minimum Gasteiger partial charge on any atom is -0.308 e. The molecule has 64 heavy (non-hydrogen) atoms. The number of halogens is 4. The van der Waals surface area contributed by atoms with E-state index in [0.29, 0.717) is 22.3 Å². The lowest BCUT2D eigenvalue weighted by Gasteiger charge is -2.21. The number of rotatable bonds is 6. The van der Waals surface area contributed by atoms with E-state index in [2.05, 4.69) is 57.7 Å². The second-order valence-electron chi connectivity index (χ2n) is 16.2. The predicted molar refractivity (Wildman–Crippen MR) is 254 cm³/mol. The van der Waals surface area contributed by atoms with Gasteiger partial charge in [-0.2, -0.15) is 0 Å². The zero-order valence-corrected chi connectivity index (χ0v) is 34.0. The summed E-state index contributed by atoms with van der Waals surface area (Å²) in [5.74, 6) is -1.48. The van der Waals surface area contributed by atoms with Crippen LogP contribution in [0.25, 0.3) is 110 Å². The molecule has 0 radical (unpaired) electrons. The van der Waals surface area contributed by atoms with Gasteiger partial charge in [0.05, 0.1) is 33.8 Å². The van der Waals surface area contributed by atoms with E-state index in [1.807, 2.05) is 84.9 Å². The fourth-order valence-electron chi connectivity index (χ4n) is 9.95. The van der Waals surface area contributed by atoms with Crippen LogP contribution in [0.5, 0.6) is 0 Å². The molecule has 0 fully saturated rings. The summed E-state index contributed by atoms with van der Waals surface area (Å²) < 4.78 is 65.2. The van der Waals surface area contributed by atoms with Gasteiger partial charge in [0, 0.05) is 43.8 Å². The maximum Gasteiger partial charge on any atom is 0.123 e. The molecule has 0 atom stereocenters. The predicted octanol–water partition coefficient (Wildman–Crippen LogP) is 16.3. The average Bonchev–Trinajstić information content (AvgIpc) is 3.85. The highest BCUT2D eigenvalue weighted by atomic mass is 19.1. The Labute approximate surface area is 365 Å². The van der Waals surface area contributed by atoms with Crippen LogP contribution in [-0.2, 0) is 0 Å². The second kappa shape index (κ2) is 14.7. The van der Waals surface area contributed by atoms with Crippen molar-refractivity contribution in [3.8, 4) is 56.1 Å². The molecule has 12 aromatic rings. The minimum atomic E-state index is -0.378. The number of aromatic nitrogens is 2. The second-order valence-corrected chi connectivity index (χ2v) is 16.2. The van der Waals surface area contributed by atoms with Gasteiger partial charge < -0.3 is 9.13 Å². The van der Waals surface area contributed by atoms with Crippen LogP contribution in [0.2, 0.25) is 0 Å². The Hall–Kier alpha value is -8.22. The number of hydrogen-bond acceptors (Lipinski definition) is 0. The molecular weight excluding hydrogens is 801 g/mol. The lowest BCUT2D eigenvalue weighted by atomic mass is 9.93. The molecule has 0 saturated heterocycles. The number of para-hydroxylation sites is 2. The maximum absolute atomic E-state index is 15.3. The lowest BCUT2D eigenvalue weighted by Crippen LogP contribution is -2.02. The molecule has 0 bridgehead atoms.